The fourth-order valence-corrected chi connectivity index (χ4v) is 3.11. The van der Waals surface area contributed by atoms with Gasteiger partial charge in [0.2, 0.25) is 0 Å². The van der Waals surface area contributed by atoms with E-state index in [2.05, 4.69) is 10.3 Å². The van der Waals surface area contributed by atoms with E-state index in [1.54, 1.807) is 29.8 Å². The molecule has 0 unspecified atom stereocenters. The van der Waals surface area contributed by atoms with Crippen molar-refractivity contribution < 1.29 is 18.0 Å². The molecule has 9 heteroatoms. The second-order valence-electron chi connectivity index (χ2n) is 6.06. The number of alkyl halides is 3. The highest BCUT2D eigenvalue weighted by molar-refractivity contribution is 6.36. The first-order chi connectivity index (χ1) is 13.1. The first-order valence-corrected chi connectivity index (χ1v) is 8.84. The Morgan fingerprint density at radius 1 is 1.11 bits per heavy atom. The number of anilines is 1. The fourth-order valence-electron chi connectivity index (χ4n) is 2.58. The number of aromatic nitrogens is 2. The molecule has 0 saturated carbocycles. The quantitative estimate of drug-likeness (QED) is 0.589. The lowest BCUT2D eigenvalue weighted by Crippen LogP contribution is -2.13. The van der Waals surface area contributed by atoms with Crippen molar-refractivity contribution in [3.8, 4) is 0 Å². The van der Waals surface area contributed by atoms with E-state index in [0.29, 0.717) is 27.9 Å². The molecule has 0 spiro atoms. The number of carbonyl (C=O) groups excluding carboxylic acids is 1. The zero-order valence-electron chi connectivity index (χ0n) is 14.5. The molecule has 1 amide bonds. The molecule has 1 heterocycles. The average molecular weight is 428 g/mol. The molecule has 3 rings (SSSR count). The van der Waals surface area contributed by atoms with E-state index in [4.69, 9.17) is 23.2 Å². The number of benzene rings is 2. The summed E-state index contributed by atoms with van der Waals surface area (Å²) in [5.74, 6) is 0.0273. The highest BCUT2D eigenvalue weighted by atomic mass is 35.5. The van der Waals surface area contributed by atoms with Gasteiger partial charge >= 0.3 is 6.18 Å². The van der Waals surface area contributed by atoms with Gasteiger partial charge in [0, 0.05) is 35.4 Å². The van der Waals surface area contributed by atoms with Gasteiger partial charge in [0.25, 0.3) is 5.91 Å². The molecule has 0 aliphatic rings. The van der Waals surface area contributed by atoms with E-state index in [0.717, 1.165) is 12.1 Å². The van der Waals surface area contributed by atoms with E-state index in [-0.39, 0.29) is 11.4 Å². The summed E-state index contributed by atoms with van der Waals surface area (Å²) >= 11 is 12.3. The number of halogens is 5. The summed E-state index contributed by atoms with van der Waals surface area (Å²) in [6, 6.07) is 9.34. The zero-order valence-corrected chi connectivity index (χ0v) is 16.0. The molecular weight excluding hydrogens is 414 g/mol. The lowest BCUT2D eigenvalue weighted by molar-refractivity contribution is -0.137. The predicted octanol–water partition coefficient (Wildman–Crippen LogP) is 5.59. The molecule has 0 atom stereocenters. The third kappa shape index (κ3) is 4.48. The summed E-state index contributed by atoms with van der Waals surface area (Å²) in [6.07, 6.45) is -2.58. The van der Waals surface area contributed by atoms with Gasteiger partial charge in [-0.25, -0.2) is 4.98 Å². The van der Waals surface area contributed by atoms with Crippen molar-refractivity contribution in [3.63, 3.8) is 0 Å². The lowest BCUT2D eigenvalue weighted by Gasteiger charge is -2.08. The van der Waals surface area contributed by atoms with Gasteiger partial charge in [-0.05, 0) is 42.0 Å². The third-order valence-electron chi connectivity index (χ3n) is 4.07. The van der Waals surface area contributed by atoms with Crippen LogP contribution in [0.15, 0.2) is 48.7 Å². The second kappa shape index (κ2) is 7.85. The Kier molecular flexibility index (Phi) is 5.67. The maximum atomic E-state index is 12.6. The number of imidazole rings is 1. The molecule has 28 heavy (non-hydrogen) atoms. The first kappa shape index (κ1) is 20.2. The van der Waals surface area contributed by atoms with Crippen LogP contribution in [0.5, 0.6) is 0 Å². The maximum absolute atomic E-state index is 12.6. The van der Waals surface area contributed by atoms with Crippen molar-refractivity contribution in [1.82, 2.24) is 9.55 Å². The Balaban J connectivity index is 1.76. The van der Waals surface area contributed by atoms with Crippen LogP contribution in [0.3, 0.4) is 0 Å². The van der Waals surface area contributed by atoms with Crippen molar-refractivity contribution >= 4 is 34.8 Å². The number of rotatable bonds is 4. The number of hydrogen-bond donors (Lipinski definition) is 1. The highest BCUT2D eigenvalue weighted by Gasteiger charge is 2.30. The van der Waals surface area contributed by atoms with Crippen LogP contribution in [0.2, 0.25) is 10.0 Å². The van der Waals surface area contributed by atoms with Crippen LogP contribution in [-0.2, 0) is 19.6 Å². The monoisotopic (exact) mass is 427 g/mol. The predicted molar refractivity (Wildman–Crippen MR) is 102 cm³/mol. The van der Waals surface area contributed by atoms with Crippen molar-refractivity contribution in [1.29, 1.82) is 0 Å². The Labute approximate surface area is 168 Å². The van der Waals surface area contributed by atoms with E-state index in [1.165, 1.54) is 18.3 Å². The fraction of sp³-hybridized carbons (Fsp3) is 0.158. The molecule has 1 N–H and O–H groups in total. The van der Waals surface area contributed by atoms with Crippen molar-refractivity contribution in [3.05, 3.63) is 81.4 Å². The molecular formula is C19H14Cl2F3N3O. The molecule has 1 aromatic heterocycles. The van der Waals surface area contributed by atoms with Crippen LogP contribution in [0.1, 0.15) is 27.4 Å². The van der Waals surface area contributed by atoms with Gasteiger partial charge in [-0.15, -0.1) is 0 Å². The van der Waals surface area contributed by atoms with Crippen LogP contribution in [0.4, 0.5) is 18.9 Å². The number of carbonyl (C=O) groups is 1. The van der Waals surface area contributed by atoms with Crippen LogP contribution in [-0.4, -0.2) is 15.5 Å². The molecule has 146 valence electrons. The standard InChI is InChI=1S/C19H14Cl2F3N3O/c1-27-10-16(26-17(27)9-13-14(20)3-2-4-15(13)21)18(28)25-12-7-5-11(6-8-12)19(22,23)24/h2-8,10H,9H2,1H3,(H,25,28). The van der Waals surface area contributed by atoms with Crippen LogP contribution in [0, 0.1) is 0 Å². The summed E-state index contributed by atoms with van der Waals surface area (Å²) in [4.78, 5) is 16.7. The summed E-state index contributed by atoms with van der Waals surface area (Å²) in [6.45, 7) is 0. The number of aryl methyl sites for hydroxylation is 1. The Bertz CT molecular complexity index is 994. The molecule has 0 aliphatic heterocycles. The summed E-state index contributed by atoms with van der Waals surface area (Å²) in [7, 11) is 1.72. The Hall–Kier alpha value is -2.51. The average Bonchev–Trinajstić information content (AvgIpc) is 2.99. The molecule has 0 saturated heterocycles. The first-order valence-electron chi connectivity index (χ1n) is 8.09. The molecule has 3 aromatic rings. The second-order valence-corrected chi connectivity index (χ2v) is 6.87. The van der Waals surface area contributed by atoms with Gasteiger partial charge < -0.3 is 9.88 Å². The van der Waals surface area contributed by atoms with Gasteiger partial charge in [-0.1, -0.05) is 29.3 Å². The number of nitrogens with one attached hydrogen (secondary N) is 1. The van der Waals surface area contributed by atoms with Gasteiger partial charge in [-0.2, -0.15) is 13.2 Å². The summed E-state index contributed by atoms with van der Waals surface area (Å²) < 4.78 is 39.5. The van der Waals surface area contributed by atoms with Gasteiger partial charge in [-0.3, -0.25) is 4.79 Å². The minimum absolute atomic E-state index is 0.126. The van der Waals surface area contributed by atoms with Crippen molar-refractivity contribution in [2.75, 3.05) is 5.32 Å². The number of hydrogen-bond acceptors (Lipinski definition) is 2. The number of amides is 1. The molecule has 2 aromatic carbocycles. The Morgan fingerprint density at radius 3 is 2.29 bits per heavy atom. The smallest absolute Gasteiger partial charge is 0.337 e. The molecule has 0 radical (unpaired) electrons. The van der Waals surface area contributed by atoms with Gasteiger partial charge in [0.05, 0.1) is 5.56 Å². The SMILES string of the molecule is Cn1cc(C(=O)Nc2ccc(C(F)(F)F)cc2)nc1Cc1c(Cl)cccc1Cl. The van der Waals surface area contributed by atoms with E-state index in [1.807, 2.05) is 0 Å². The normalized spacial score (nSPS) is 11.5. The van der Waals surface area contributed by atoms with Crippen LogP contribution < -0.4 is 5.32 Å². The Morgan fingerprint density at radius 2 is 1.71 bits per heavy atom. The molecule has 0 bridgehead atoms. The topological polar surface area (TPSA) is 46.9 Å². The van der Waals surface area contributed by atoms with Crippen LogP contribution in [0.25, 0.3) is 0 Å². The van der Waals surface area contributed by atoms with Crippen molar-refractivity contribution in [2.45, 2.75) is 12.6 Å². The van der Waals surface area contributed by atoms with E-state index < -0.39 is 17.6 Å². The number of nitrogens with zero attached hydrogens (tertiary/aromatic N) is 2. The minimum atomic E-state index is -4.43. The molecule has 4 nitrogen and oxygen atoms in total. The van der Waals surface area contributed by atoms with E-state index in [9.17, 15) is 18.0 Å². The van der Waals surface area contributed by atoms with Crippen LogP contribution >= 0.6 is 23.2 Å². The minimum Gasteiger partial charge on any atom is -0.337 e. The molecule has 0 aliphatic carbocycles. The summed E-state index contributed by atoms with van der Waals surface area (Å²) in [5, 5.41) is 3.51. The zero-order chi connectivity index (χ0) is 20.5. The highest BCUT2D eigenvalue weighted by Crippen LogP contribution is 2.30. The third-order valence-corrected chi connectivity index (χ3v) is 4.78. The largest absolute Gasteiger partial charge is 0.416 e. The van der Waals surface area contributed by atoms with E-state index >= 15 is 0 Å². The van der Waals surface area contributed by atoms with Gasteiger partial charge in [0.15, 0.2) is 0 Å². The maximum Gasteiger partial charge on any atom is 0.416 e. The van der Waals surface area contributed by atoms with Crippen molar-refractivity contribution in [2.24, 2.45) is 7.05 Å². The summed E-state index contributed by atoms with van der Waals surface area (Å²) in [5.41, 5.74) is 0.261. The van der Waals surface area contributed by atoms with Gasteiger partial charge in [0.1, 0.15) is 11.5 Å². The lowest BCUT2D eigenvalue weighted by atomic mass is 10.1. The molecule has 0 fully saturated rings.